The summed E-state index contributed by atoms with van der Waals surface area (Å²) in [5, 5.41) is 0. The average molecular weight is 606 g/mol. The van der Waals surface area contributed by atoms with Gasteiger partial charge in [0.05, 0.1) is 5.69 Å². The molecule has 43 heavy (non-hydrogen) atoms. The molecule has 2 aromatic heterocycles. The monoisotopic (exact) mass is 605 g/mol. The Hall–Kier alpha value is -2.28. The molecule has 1 amide bonds. The summed E-state index contributed by atoms with van der Waals surface area (Å²) in [5.74, 6) is 4.92. The van der Waals surface area contributed by atoms with Gasteiger partial charge in [-0.05, 0) is 128 Å². The van der Waals surface area contributed by atoms with E-state index in [1.165, 1.54) is 76.5 Å². The van der Waals surface area contributed by atoms with E-state index in [-0.39, 0.29) is 11.3 Å². The van der Waals surface area contributed by atoms with Gasteiger partial charge in [-0.15, -0.1) is 0 Å². The number of hydrogen-bond acceptors (Lipinski definition) is 5. The van der Waals surface area contributed by atoms with Crippen LogP contribution < -0.4 is 4.72 Å². The van der Waals surface area contributed by atoms with Crippen molar-refractivity contribution in [1.82, 2.24) is 14.7 Å². The van der Waals surface area contributed by atoms with E-state index in [4.69, 9.17) is 0 Å². The normalized spacial score (nSPS) is 36.2. The molecule has 0 aromatic carbocycles. The zero-order chi connectivity index (χ0) is 30.4. The van der Waals surface area contributed by atoms with Crippen LogP contribution in [0, 0.1) is 52.3 Å². The molecule has 3 unspecified atom stereocenters. The topological polar surface area (TPSA) is 89.0 Å². The second-order valence-electron chi connectivity index (χ2n) is 15.0. The molecule has 234 valence electrons. The van der Waals surface area contributed by atoms with Crippen LogP contribution in [0.25, 0.3) is 11.3 Å². The molecule has 4 aliphatic carbocycles. The Labute approximate surface area is 259 Å². The lowest BCUT2D eigenvalue weighted by Gasteiger charge is -2.63. The molecule has 2 heterocycles. The molecule has 0 spiro atoms. The fraction of sp³-hybridized carbons (Fsp3) is 0.694. The first-order chi connectivity index (χ1) is 20.6. The van der Waals surface area contributed by atoms with Crippen molar-refractivity contribution in [3.63, 3.8) is 0 Å². The highest BCUT2D eigenvalue weighted by atomic mass is 32.2. The van der Waals surface area contributed by atoms with Crippen molar-refractivity contribution >= 4 is 15.9 Å². The summed E-state index contributed by atoms with van der Waals surface area (Å²) in [4.78, 5) is 21.2. The summed E-state index contributed by atoms with van der Waals surface area (Å²) in [7, 11) is -3.97. The molecular weight excluding hydrogens is 554 g/mol. The molecule has 2 aromatic rings. The highest BCUT2D eigenvalue weighted by Gasteiger charge is 2.61. The quantitative estimate of drug-likeness (QED) is 0.329. The number of carbonyl (C=O) groups is 1. The SMILES string of the molecule is CC[C@H]1CC2C3CC[C@H]([C@H](C)CCC(=O)NS(=O)(=O)c4ccc(-c5ccncc5)nc4)[C@@]3(C)CCC2[C@@]2(C)CCCC[C@@H]12. The Morgan fingerprint density at radius 1 is 0.977 bits per heavy atom. The molecule has 4 saturated carbocycles. The molecular formula is C36H51N3O3S. The fourth-order valence-corrected chi connectivity index (χ4v) is 12.0. The van der Waals surface area contributed by atoms with Gasteiger partial charge in [-0.2, -0.15) is 0 Å². The van der Waals surface area contributed by atoms with Gasteiger partial charge >= 0.3 is 0 Å². The maximum absolute atomic E-state index is 13.0. The van der Waals surface area contributed by atoms with Gasteiger partial charge < -0.3 is 0 Å². The molecule has 1 N–H and O–H groups in total. The molecule has 0 bridgehead atoms. The van der Waals surface area contributed by atoms with Gasteiger partial charge in [-0.3, -0.25) is 14.8 Å². The minimum Gasteiger partial charge on any atom is -0.274 e. The van der Waals surface area contributed by atoms with Crippen LogP contribution in [0.2, 0.25) is 0 Å². The molecule has 9 atom stereocenters. The van der Waals surface area contributed by atoms with E-state index in [9.17, 15) is 13.2 Å². The maximum Gasteiger partial charge on any atom is 0.265 e. The third-order valence-corrected chi connectivity index (χ3v) is 14.5. The van der Waals surface area contributed by atoms with Crippen LogP contribution in [0.15, 0.2) is 47.8 Å². The maximum atomic E-state index is 13.0. The molecule has 4 aliphatic rings. The molecule has 4 fully saturated rings. The van der Waals surface area contributed by atoms with Gasteiger partial charge in [0, 0.05) is 30.6 Å². The van der Waals surface area contributed by atoms with Crippen LogP contribution in [0.4, 0.5) is 0 Å². The van der Waals surface area contributed by atoms with Crippen LogP contribution in [0.3, 0.4) is 0 Å². The standard InChI is InChI=1S/C36H51N3O3S/c1-5-25-22-28-31-12-11-29(36(31,4)19-15-32(28)35(3)18-7-6-8-30(25)35)24(2)9-14-34(40)39-43(41,42)27-10-13-33(38-23-27)26-16-20-37-21-17-26/h10,13,16-17,20-21,23-25,28-32H,5-9,11-12,14-15,18-19,22H2,1-4H3,(H,39,40)/t24-,25+,28?,29-,30+,31?,32?,35+,36-/m1/s1. The number of carbonyl (C=O) groups excluding carboxylic acids is 1. The predicted molar refractivity (Wildman–Crippen MR) is 170 cm³/mol. The first-order valence-corrected chi connectivity index (χ1v) is 18.5. The number of amides is 1. The number of rotatable bonds is 8. The summed E-state index contributed by atoms with van der Waals surface area (Å²) in [5.41, 5.74) is 2.38. The van der Waals surface area contributed by atoms with Crippen LogP contribution in [0.1, 0.15) is 105 Å². The Balaban J connectivity index is 1.07. The average Bonchev–Trinajstić information content (AvgIpc) is 3.37. The Morgan fingerprint density at radius 2 is 1.74 bits per heavy atom. The van der Waals surface area contributed by atoms with E-state index >= 15 is 0 Å². The molecule has 0 aliphatic heterocycles. The molecule has 6 nitrogen and oxygen atoms in total. The van der Waals surface area contributed by atoms with E-state index in [1.54, 1.807) is 18.5 Å². The summed E-state index contributed by atoms with van der Waals surface area (Å²) in [6, 6.07) is 6.80. The zero-order valence-electron chi connectivity index (χ0n) is 26.6. The predicted octanol–water partition coefficient (Wildman–Crippen LogP) is 8.05. The number of sulfonamides is 1. The lowest BCUT2D eigenvalue weighted by molar-refractivity contribution is -0.138. The van der Waals surface area contributed by atoms with Crippen molar-refractivity contribution in [2.24, 2.45) is 52.3 Å². The molecule has 0 saturated heterocycles. The van der Waals surface area contributed by atoms with Crippen molar-refractivity contribution in [2.45, 2.75) is 110 Å². The van der Waals surface area contributed by atoms with E-state index in [0.717, 1.165) is 41.6 Å². The lowest BCUT2D eigenvalue weighted by Crippen LogP contribution is -2.55. The van der Waals surface area contributed by atoms with Crippen LogP contribution in [0.5, 0.6) is 0 Å². The first-order valence-electron chi connectivity index (χ1n) is 17.0. The number of nitrogens with one attached hydrogen (secondary N) is 1. The minimum atomic E-state index is -3.97. The second kappa shape index (κ2) is 11.9. The van der Waals surface area contributed by atoms with Crippen LogP contribution in [-0.4, -0.2) is 24.3 Å². The third-order valence-electron chi connectivity index (χ3n) is 13.1. The molecule has 0 radical (unpaired) electrons. The van der Waals surface area contributed by atoms with Crippen molar-refractivity contribution in [3.05, 3.63) is 42.9 Å². The summed E-state index contributed by atoms with van der Waals surface area (Å²) in [6.45, 7) is 9.99. The number of hydrogen-bond donors (Lipinski definition) is 1. The number of nitrogens with zero attached hydrogens (tertiary/aromatic N) is 2. The van der Waals surface area contributed by atoms with E-state index in [0.29, 0.717) is 28.4 Å². The van der Waals surface area contributed by atoms with Crippen LogP contribution >= 0.6 is 0 Å². The molecule has 6 rings (SSSR count). The number of aromatic nitrogens is 2. The largest absolute Gasteiger partial charge is 0.274 e. The van der Waals surface area contributed by atoms with Crippen molar-refractivity contribution < 1.29 is 13.2 Å². The van der Waals surface area contributed by atoms with Gasteiger partial charge in [-0.1, -0.05) is 47.0 Å². The van der Waals surface area contributed by atoms with Crippen LogP contribution in [-0.2, 0) is 14.8 Å². The Kier molecular flexibility index (Phi) is 8.51. The highest BCUT2D eigenvalue weighted by Crippen LogP contribution is 2.69. The second-order valence-corrected chi connectivity index (χ2v) is 16.7. The van der Waals surface area contributed by atoms with E-state index < -0.39 is 15.9 Å². The summed E-state index contributed by atoms with van der Waals surface area (Å²) < 4.78 is 28.2. The van der Waals surface area contributed by atoms with Crippen molar-refractivity contribution in [2.75, 3.05) is 0 Å². The van der Waals surface area contributed by atoms with E-state index in [2.05, 4.69) is 42.4 Å². The van der Waals surface area contributed by atoms with Crippen molar-refractivity contribution in [1.29, 1.82) is 0 Å². The summed E-state index contributed by atoms with van der Waals surface area (Å²) in [6.07, 6.45) is 19.4. The fourth-order valence-electron chi connectivity index (χ4n) is 11.0. The zero-order valence-corrected chi connectivity index (χ0v) is 27.4. The van der Waals surface area contributed by atoms with Gasteiger partial charge in [0.15, 0.2) is 0 Å². The molecule has 7 heteroatoms. The third kappa shape index (κ3) is 5.57. The Bertz CT molecular complexity index is 1400. The van der Waals surface area contributed by atoms with Gasteiger partial charge in [-0.25, -0.2) is 13.1 Å². The van der Waals surface area contributed by atoms with E-state index in [1.807, 2.05) is 12.1 Å². The first kappa shape index (κ1) is 30.7. The minimum absolute atomic E-state index is 0.00127. The van der Waals surface area contributed by atoms with Crippen molar-refractivity contribution in [3.8, 4) is 11.3 Å². The van der Waals surface area contributed by atoms with Gasteiger partial charge in [0.1, 0.15) is 4.90 Å². The number of pyridine rings is 2. The number of fused-ring (bicyclic) bond motifs is 5. The smallest absolute Gasteiger partial charge is 0.265 e. The lowest BCUT2D eigenvalue weighted by atomic mass is 9.42. The Morgan fingerprint density at radius 3 is 2.47 bits per heavy atom. The van der Waals surface area contributed by atoms with Gasteiger partial charge in [0.2, 0.25) is 5.91 Å². The highest BCUT2D eigenvalue weighted by molar-refractivity contribution is 7.90. The summed E-state index contributed by atoms with van der Waals surface area (Å²) >= 11 is 0. The van der Waals surface area contributed by atoms with Gasteiger partial charge in [0.25, 0.3) is 10.0 Å².